The number of aromatic nitrogens is 1. The highest BCUT2D eigenvalue weighted by Crippen LogP contribution is 2.20. The molecule has 0 fully saturated rings. The van der Waals surface area contributed by atoms with Crippen molar-refractivity contribution in [3.8, 4) is 11.1 Å². The lowest BCUT2D eigenvalue weighted by Gasteiger charge is -2.09. The highest BCUT2D eigenvalue weighted by Gasteiger charge is 2.24. The molecule has 0 aliphatic heterocycles. The Morgan fingerprint density at radius 3 is 2.00 bits per heavy atom. The maximum Gasteiger partial charge on any atom is 0.255 e. The number of carbonyl (C=O) groups excluding carboxylic acids is 2. The second-order valence-electron chi connectivity index (χ2n) is 7.34. The predicted molar refractivity (Wildman–Crippen MR) is 122 cm³/mol. The largest absolute Gasteiger partial charge is 0.317 e. The van der Waals surface area contributed by atoms with Crippen molar-refractivity contribution in [3.63, 3.8) is 0 Å². The Labute approximate surface area is 181 Å². The SMILES string of the molecule is C[C@@H](C(=O)c1ccc(-c2ccccc2)cc1)[n+]1cccc(NC(=O)c2ccccc2)c1. The molecule has 152 valence electrons. The van der Waals surface area contributed by atoms with Gasteiger partial charge in [-0.2, -0.15) is 4.57 Å². The van der Waals surface area contributed by atoms with E-state index in [1.807, 2.05) is 103 Å². The van der Waals surface area contributed by atoms with Gasteiger partial charge in [-0.1, -0.05) is 72.8 Å². The van der Waals surface area contributed by atoms with Crippen LogP contribution in [0.15, 0.2) is 109 Å². The van der Waals surface area contributed by atoms with Gasteiger partial charge in [0.25, 0.3) is 5.91 Å². The zero-order valence-corrected chi connectivity index (χ0v) is 17.2. The van der Waals surface area contributed by atoms with E-state index in [9.17, 15) is 9.59 Å². The minimum absolute atomic E-state index is 0.0103. The Balaban J connectivity index is 1.49. The Bertz CT molecular complexity index is 1190. The van der Waals surface area contributed by atoms with Gasteiger partial charge in [-0.3, -0.25) is 9.59 Å². The molecule has 31 heavy (non-hydrogen) atoms. The number of anilines is 1. The normalized spacial score (nSPS) is 11.5. The number of hydrogen-bond acceptors (Lipinski definition) is 2. The van der Waals surface area contributed by atoms with Crippen LogP contribution in [0.5, 0.6) is 0 Å². The van der Waals surface area contributed by atoms with E-state index in [0.717, 1.165) is 11.1 Å². The second-order valence-corrected chi connectivity index (χ2v) is 7.34. The number of nitrogens with one attached hydrogen (secondary N) is 1. The first-order valence-electron chi connectivity index (χ1n) is 10.2. The van der Waals surface area contributed by atoms with Gasteiger partial charge in [-0.05, 0) is 29.3 Å². The zero-order chi connectivity index (χ0) is 21.6. The van der Waals surface area contributed by atoms with Gasteiger partial charge in [-0.15, -0.1) is 0 Å². The molecule has 1 aromatic heterocycles. The first kappa shape index (κ1) is 20.2. The highest BCUT2D eigenvalue weighted by molar-refractivity contribution is 6.04. The summed E-state index contributed by atoms with van der Waals surface area (Å²) < 4.78 is 1.81. The minimum atomic E-state index is -0.406. The van der Waals surface area contributed by atoms with Crippen LogP contribution in [0.2, 0.25) is 0 Å². The number of nitrogens with zero attached hydrogens (tertiary/aromatic N) is 1. The summed E-state index contributed by atoms with van der Waals surface area (Å²) in [4.78, 5) is 25.5. The second kappa shape index (κ2) is 9.18. The van der Waals surface area contributed by atoms with Crippen molar-refractivity contribution in [2.45, 2.75) is 13.0 Å². The van der Waals surface area contributed by atoms with E-state index in [0.29, 0.717) is 16.8 Å². The third kappa shape index (κ3) is 4.75. The fraction of sp³-hybridized carbons (Fsp3) is 0.0741. The van der Waals surface area contributed by atoms with Crippen LogP contribution in [-0.2, 0) is 0 Å². The van der Waals surface area contributed by atoms with E-state index in [1.165, 1.54) is 0 Å². The van der Waals surface area contributed by atoms with Crippen LogP contribution in [-0.4, -0.2) is 11.7 Å². The Morgan fingerprint density at radius 1 is 0.710 bits per heavy atom. The van der Waals surface area contributed by atoms with Crippen molar-refractivity contribution >= 4 is 17.4 Å². The first-order valence-corrected chi connectivity index (χ1v) is 10.2. The van der Waals surface area contributed by atoms with Crippen molar-refractivity contribution in [1.29, 1.82) is 0 Å². The molecule has 1 N–H and O–H groups in total. The molecule has 4 rings (SSSR count). The molecular weight excluding hydrogens is 384 g/mol. The van der Waals surface area contributed by atoms with Gasteiger partial charge in [0.1, 0.15) is 5.69 Å². The van der Waals surface area contributed by atoms with Crippen molar-refractivity contribution in [2.75, 3.05) is 5.32 Å². The van der Waals surface area contributed by atoms with Crippen LogP contribution in [0.3, 0.4) is 0 Å². The molecule has 0 aliphatic carbocycles. The molecule has 0 aliphatic rings. The maximum absolute atomic E-state index is 13.0. The van der Waals surface area contributed by atoms with Gasteiger partial charge in [-0.25, -0.2) is 0 Å². The standard InChI is InChI=1S/C27H22N2O2/c1-20(26(30)23-16-14-22(15-17-23)21-9-4-2-5-10-21)29-18-8-13-25(19-29)28-27(31)24-11-6-3-7-12-24/h2-20H,1H3/p+1/t20-/m0/s1. The number of hydrogen-bond donors (Lipinski definition) is 1. The summed E-state index contributed by atoms with van der Waals surface area (Å²) in [7, 11) is 0. The minimum Gasteiger partial charge on any atom is -0.317 e. The molecule has 1 heterocycles. The number of amides is 1. The van der Waals surface area contributed by atoms with E-state index < -0.39 is 6.04 Å². The molecule has 4 nitrogen and oxygen atoms in total. The van der Waals surface area contributed by atoms with E-state index >= 15 is 0 Å². The summed E-state index contributed by atoms with van der Waals surface area (Å²) in [6.45, 7) is 1.86. The average Bonchev–Trinajstić information content (AvgIpc) is 2.84. The van der Waals surface area contributed by atoms with Crippen LogP contribution in [0.25, 0.3) is 11.1 Å². The van der Waals surface area contributed by atoms with Crippen LogP contribution >= 0.6 is 0 Å². The Morgan fingerprint density at radius 2 is 1.32 bits per heavy atom. The topological polar surface area (TPSA) is 50.0 Å². The lowest BCUT2D eigenvalue weighted by atomic mass is 10.00. The van der Waals surface area contributed by atoms with Crippen molar-refractivity contribution in [3.05, 3.63) is 121 Å². The van der Waals surface area contributed by atoms with Gasteiger partial charge in [0.05, 0.1) is 0 Å². The van der Waals surface area contributed by atoms with Crippen LogP contribution in [0.1, 0.15) is 33.7 Å². The number of rotatable bonds is 6. The number of benzene rings is 3. The van der Waals surface area contributed by atoms with Crippen molar-refractivity contribution in [2.24, 2.45) is 0 Å². The highest BCUT2D eigenvalue weighted by atomic mass is 16.1. The number of Topliss-reactive ketones (excluding diaryl/α,β-unsaturated/α-hetero) is 1. The molecule has 0 unspecified atom stereocenters. The summed E-state index contributed by atoms with van der Waals surface area (Å²) >= 11 is 0. The molecule has 0 radical (unpaired) electrons. The van der Waals surface area contributed by atoms with Gasteiger partial charge in [0.2, 0.25) is 11.8 Å². The third-order valence-corrected chi connectivity index (χ3v) is 5.22. The van der Waals surface area contributed by atoms with Crippen molar-refractivity contribution in [1.82, 2.24) is 0 Å². The molecular formula is C27H23N2O2+. The van der Waals surface area contributed by atoms with E-state index in [2.05, 4.69) is 5.32 Å². The Kier molecular flexibility index (Phi) is 5.99. The predicted octanol–water partition coefficient (Wildman–Crippen LogP) is 5.34. The summed E-state index contributed by atoms with van der Waals surface area (Å²) in [6.07, 6.45) is 3.61. The summed E-state index contributed by atoms with van der Waals surface area (Å²) in [5, 5.41) is 2.89. The first-order chi connectivity index (χ1) is 15.1. The van der Waals surface area contributed by atoms with Crippen LogP contribution in [0, 0.1) is 0 Å². The smallest absolute Gasteiger partial charge is 0.255 e. The van der Waals surface area contributed by atoms with E-state index in [-0.39, 0.29) is 11.7 Å². The molecule has 0 spiro atoms. The van der Waals surface area contributed by atoms with Gasteiger partial charge >= 0.3 is 0 Å². The van der Waals surface area contributed by atoms with Gasteiger partial charge in [0.15, 0.2) is 12.4 Å². The summed E-state index contributed by atoms with van der Waals surface area (Å²) in [6, 6.07) is 30.0. The lowest BCUT2D eigenvalue weighted by Crippen LogP contribution is -2.42. The fourth-order valence-corrected chi connectivity index (χ4v) is 3.43. The van der Waals surface area contributed by atoms with Gasteiger partial charge in [0, 0.05) is 24.1 Å². The average molecular weight is 407 g/mol. The lowest BCUT2D eigenvalue weighted by molar-refractivity contribution is -0.704. The van der Waals surface area contributed by atoms with Crippen LogP contribution < -0.4 is 9.88 Å². The molecule has 3 aromatic carbocycles. The fourth-order valence-electron chi connectivity index (χ4n) is 3.43. The molecule has 4 heteroatoms. The molecule has 0 bridgehead atoms. The molecule has 4 aromatic rings. The number of ketones is 1. The number of pyridine rings is 1. The molecule has 1 amide bonds. The maximum atomic E-state index is 13.0. The quantitative estimate of drug-likeness (QED) is 0.347. The molecule has 0 saturated heterocycles. The van der Waals surface area contributed by atoms with E-state index in [1.54, 1.807) is 18.3 Å². The Hall–Kier alpha value is -4.05. The molecule has 0 saturated carbocycles. The third-order valence-electron chi connectivity index (χ3n) is 5.22. The van der Waals surface area contributed by atoms with E-state index in [4.69, 9.17) is 0 Å². The monoisotopic (exact) mass is 407 g/mol. The molecule has 1 atom stereocenters. The summed E-state index contributed by atoms with van der Waals surface area (Å²) in [5.41, 5.74) is 4.06. The zero-order valence-electron chi connectivity index (χ0n) is 17.2. The number of carbonyl (C=O) groups is 2. The van der Waals surface area contributed by atoms with Crippen molar-refractivity contribution < 1.29 is 14.2 Å². The van der Waals surface area contributed by atoms with Crippen LogP contribution in [0.4, 0.5) is 5.69 Å². The summed E-state index contributed by atoms with van der Waals surface area (Å²) in [5.74, 6) is -0.176. The van der Waals surface area contributed by atoms with Gasteiger partial charge < -0.3 is 5.32 Å².